The standard InChI is InChI=1S/C15H18ClNO2/c16-10-14(18)11-6-8-13(9-7-11)17-15(19)12-4-2-1-3-5-12/h6-9,12H,1-5,10H2,(H,17,19). The van der Waals surface area contributed by atoms with Gasteiger partial charge in [0.1, 0.15) is 0 Å². The van der Waals surface area contributed by atoms with Crippen molar-refractivity contribution in [2.45, 2.75) is 32.1 Å². The Morgan fingerprint density at radius 2 is 1.74 bits per heavy atom. The predicted octanol–water partition coefficient (Wildman–Crippen LogP) is 3.63. The highest BCUT2D eigenvalue weighted by molar-refractivity contribution is 6.30. The molecule has 1 aliphatic carbocycles. The van der Waals surface area contributed by atoms with E-state index >= 15 is 0 Å². The van der Waals surface area contributed by atoms with Crippen LogP contribution < -0.4 is 5.32 Å². The summed E-state index contributed by atoms with van der Waals surface area (Å²) < 4.78 is 0. The van der Waals surface area contributed by atoms with Crippen LogP contribution in [0, 0.1) is 5.92 Å². The van der Waals surface area contributed by atoms with Crippen molar-refractivity contribution in [2.24, 2.45) is 5.92 Å². The molecule has 1 aliphatic rings. The smallest absolute Gasteiger partial charge is 0.227 e. The van der Waals surface area contributed by atoms with Crippen molar-refractivity contribution in [3.63, 3.8) is 0 Å². The molecule has 1 aromatic rings. The molecule has 0 aliphatic heterocycles. The molecular weight excluding hydrogens is 262 g/mol. The summed E-state index contributed by atoms with van der Waals surface area (Å²) in [7, 11) is 0. The third kappa shape index (κ3) is 3.80. The van der Waals surface area contributed by atoms with Crippen LogP contribution in [0.5, 0.6) is 0 Å². The third-order valence-corrected chi connectivity index (χ3v) is 3.81. The number of carbonyl (C=O) groups excluding carboxylic acids is 2. The zero-order chi connectivity index (χ0) is 13.7. The summed E-state index contributed by atoms with van der Waals surface area (Å²) >= 11 is 5.49. The van der Waals surface area contributed by atoms with Crippen molar-refractivity contribution in [1.29, 1.82) is 0 Å². The van der Waals surface area contributed by atoms with Crippen molar-refractivity contribution >= 4 is 29.0 Å². The highest BCUT2D eigenvalue weighted by Gasteiger charge is 2.20. The fourth-order valence-electron chi connectivity index (χ4n) is 2.43. The number of amides is 1. The van der Waals surface area contributed by atoms with Gasteiger partial charge in [0.2, 0.25) is 5.91 Å². The van der Waals surface area contributed by atoms with E-state index in [1.54, 1.807) is 24.3 Å². The van der Waals surface area contributed by atoms with E-state index in [9.17, 15) is 9.59 Å². The normalized spacial score (nSPS) is 16.1. The lowest BCUT2D eigenvalue weighted by Crippen LogP contribution is -2.24. The van der Waals surface area contributed by atoms with E-state index in [0.29, 0.717) is 5.56 Å². The SMILES string of the molecule is O=C(CCl)c1ccc(NC(=O)C2CCCCC2)cc1. The first-order valence-corrected chi connectivity index (χ1v) is 7.24. The van der Waals surface area contributed by atoms with E-state index in [1.165, 1.54) is 6.42 Å². The van der Waals surface area contributed by atoms with Crippen LogP contribution in [0.15, 0.2) is 24.3 Å². The van der Waals surface area contributed by atoms with Crippen molar-refractivity contribution in [3.8, 4) is 0 Å². The zero-order valence-electron chi connectivity index (χ0n) is 10.8. The van der Waals surface area contributed by atoms with Gasteiger partial charge in [-0.1, -0.05) is 19.3 Å². The lowest BCUT2D eigenvalue weighted by atomic mass is 9.88. The van der Waals surface area contributed by atoms with Crippen LogP contribution in [0.2, 0.25) is 0 Å². The second kappa shape index (κ2) is 6.71. The van der Waals surface area contributed by atoms with Crippen LogP contribution in [-0.2, 0) is 4.79 Å². The van der Waals surface area contributed by atoms with E-state index in [0.717, 1.165) is 31.4 Å². The maximum atomic E-state index is 12.0. The van der Waals surface area contributed by atoms with Gasteiger partial charge < -0.3 is 5.32 Å². The minimum absolute atomic E-state index is 0.0201. The number of benzene rings is 1. The Hall–Kier alpha value is -1.35. The van der Waals surface area contributed by atoms with Gasteiger partial charge in [-0.05, 0) is 37.1 Å². The topological polar surface area (TPSA) is 46.2 Å². The number of alkyl halides is 1. The summed E-state index contributed by atoms with van der Waals surface area (Å²) in [5.74, 6) is 0.106. The molecule has 2 rings (SSSR count). The molecule has 0 unspecified atom stereocenters. The van der Waals surface area contributed by atoms with Crippen molar-refractivity contribution in [1.82, 2.24) is 0 Å². The Morgan fingerprint density at radius 1 is 1.11 bits per heavy atom. The zero-order valence-corrected chi connectivity index (χ0v) is 11.6. The number of Topliss-reactive ketones (excluding diaryl/α,β-unsaturated/α-hetero) is 1. The quantitative estimate of drug-likeness (QED) is 0.676. The Morgan fingerprint density at radius 3 is 2.32 bits per heavy atom. The number of carbonyl (C=O) groups is 2. The second-order valence-electron chi connectivity index (χ2n) is 4.96. The average Bonchev–Trinajstić information content (AvgIpc) is 2.48. The Bertz CT molecular complexity index is 450. The Balaban J connectivity index is 1.95. The van der Waals surface area contributed by atoms with Gasteiger partial charge in [0.05, 0.1) is 5.88 Å². The molecule has 0 radical (unpaired) electrons. The van der Waals surface area contributed by atoms with E-state index in [-0.39, 0.29) is 23.5 Å². The van der Waals surface area contributed by atoms with Gasteiger partial charge in [-0.25, -0.2) is 0 Å². The molecule has 1 fully saturated rings. The van der Waals surface area contributed by atoms with Crippen LogP contribution >= 0.6 is 11.6 Å². The van der Waals surface area contributed by atoms with Gasteiger partial charge >= 0.3 is 0 Å². The Kier molecular flexibility index (Phi) is 4.97. The van der Waals surface area contributed by atoms with Gasteiger partial charge in [0.15, 0.2) is 5.78 Å². The number of nitrogens with one attached hydrogen (secondary N) is 1. The van der Waals surface area contributed by atoms with Gasteiger partial charge in [-0.15, -0.1) is 11.6 Å². The lowest BCUT2D eigenvalue weighted by Gasteiger charge is -2.20. The third-order valence-electron chi connectivity index (χ3n) is 3.57. The monoisotopic (exact) mass is 279 g/mol. The predicted molar refractivity (Wildman–Crippen MR) is 76.7 cm³/mol. The summed E-state index contributed by atoms with van der Waals surface area (Å²) in [5.41, 5.74) is 1.31. The second-order valence-corrected chi connectivity index (χ2v) is 5.23. The molecule has 1 saturated carbocycles. The molecule has 1 N–H and O–H groups in total. The summed E-state index contributed by atoms with van der Waals surface area (Å²) in [6, 6.07) is 6.89. The number of halogens is 1. The Labute approximate surface area is 118 Å². The molecular formula is C15H18ClNO2. The molecule has 19 heavy (non-hydrogen) atoms. The van der Waals surface area contributed by atoms with Crippen LogP contribution in [0.3, 0.4) is 0 Å². The fourth-order valence-corrected chi connectivity index (χ4v) is 2.58. The lowest BCUT2D eigenvalue weighted by molar-refractivity contribution is -0.120. The first-order chi connectivity index (χ1) is 9.20. The largest absolute Gasteiger partial charge is 0.326 e. The number of anilines is 1. The fraction of sp³-hybridized carbons (Fsp3) is 0.467. The molecule has 4 heteroatoms. The summed E-state index contributed by atoms with van der Waals surface area (Å²) in [6.45, 7) is 0. The highest BCUT2D eigenvalue weighted by atomic mass is 35.5. The van der Waals surface area contributed by atoms with Crippen molar-refractivity contribution < 1.29 is 9.59 Å². The van der Waals surface area contributed by atoms with Crippen LogP contribution in [0.25, 0.3) is 0 Å². The van der Waals surface area contributed by atoms with E-state index in [4.69, 9.17) is 11.6 Å². The van der Waals surface area contributed by atoms with Gasteiger partial charge in [-0.2, -0.15) is 0 Å². The molecule has 1 aromatic carbocycles. The number of rotatable bonds is 4. The molecule has 0 spiro atoms. The molecule has 0 heterocycles. The minimum Gasteiger partial charge on any atom is -0.326 e. The summed E-state index contributed by atoms with van der Waals surface area (Å²) in [4.78, 5) is 23.4. The highest BCUT2D eigenvalue weighted by Crippen LogP contribution is 2.25. The van der Waals surface area contributed by atoms with Gasteiger partial charge in [-0.3, -0.25) is 9.59 Å². The van der Waals surface area contributed by atoms with Crippen molar-refractivity contribution in [3.05, 3.63) is 29.8 Å². The molecule has 0 aromatic heterocycles. The van der Waals surface area contributed by atoms with E-state index in [2.05, 4.69) is 5.32 Å². The van der Waals surface area contributed by atoms with E-state index < -0.39 is 0 Å². The first-order valence-electron chi connectivity index (χ1n) is 6.71. The van der Waals surface area contributed by atoms with Crippen LogP contribution in [0.4, 0.5) is 5.69 Å². The summed E-state index contributed by atoms with van der Waals surface area (Å²) in [6.07, 6.45) is 5.48. The molecule has 0 saturated heterocycles. The van der Waals surface area contributed by atoms with Crippen molar-refractivity contribution in [2.75, 3.05) is 11.2 Å². The number of hydrogen-bond donors (Lipinski definition) is 1. The van der Waals surface area contributed by atoms with Gasteiger partial charge in [0, 0.05) is 17.2 Å². The first kappa shape index (κ1) is 14.1. The van der Waals surface area contributed by atoms with Gasteiger partial charge in [0.25, 0.3) is 0 Å². The summed E-state index contributed by atoms with van der Waals surface area (Å²) in [5, 5.41) is 2.91. The molecule has 3 nitrogen and oxygen atoms in total. The molecule has 0 bridgehead atoms. The van der Waals surface area contributed by atoms with Crippen LogP contribution in [-0.4, -0.2) is 17.6 Å². The number of ketones is 1. The molecule has 0 atom stereocenters. The van der Waals surface area contributed by atoms with Crippen LogP contribution in [0.1, 0.15) is 42.5 Å². The molecule has 102 valence electrons. The van der Waals surface area contributed by atoms with E-state index in [1.807, 2.05) is 0 Å². The maximum Gasteiger partial charge on any atom is 0.227 e. The molecule has 1 amide bonds. The maximum absolute atomic E-state index is 12.0. The minimum atomic E-state index is -0.105. The average molecular weight is 280 g/mol. The number of hydrogen-bond acceptors (Lipinski definition) is 2.